The number of piperidine rings is 1. The molecule has 0 aliphatic carbocycles. The lowest BCUT2D eigenvalue weighted by atomic mass is 10.0. The fourth-order valence-electron chi connectivity index (χ4n) is 3.88. The van der Waals surface area contributed by atoms with Crippen LogP contribution in [0.3, 0.4) is 0 Å². The minimum Gasteiger partial charge on any atom is -0.497 e. The number of carbonyl (C=O) groups is 2. The van der Waals surface area contributed by atoms with Crippen LogP contribution in [0.5, 0.6) is 11.5 Å². The zero-order valence-electron chi connectivity index (χ0n) is 17.9. The van der Waals surface area contributed by atoms with Crippen LogP contribution in [0.25, 0.3) is 0 Å². The number of thioether (sulfide) groups is 1. The molecule has 1 saturated heterocycles. The van der Waals surface area contributed by atoms with Crippen molar-refractivity contribution in [1.29, 1.82) is 0 Å². The van der Waals surface area contributed by atoms with Gasteiger partial charge in [0.1, 0.15) is 11.5 Å². The summed E-state index contributed by atoms with van der Waals surface area (Å²) in [6.07, 6.45) is 1.70. The fraction of sp³-hybridized carbons (Fsp3) is 0.391. The van der Waals surface area contributed by atoms with Crippen molar-refractivity contribution < 1.29 is 19.1 Å². The van der Waals surface area contributed by atoms with Crippen LogP contribution >= 0.6 is 11.8 Å². The quantitative estimate of drug-likeness (QED) is 0.734. The molecule has 2 heterocycles. The molecule has 0 saturated carbocycles. The Morgan fingerprint density at radius 2 is 1.77 bits per heavy atom. The molecule has 0 aromatic heterocycles. The number of fused-ring (bicyclic) bond motifs is 1. The van der Waals surface area contributed by atoms with Gasteiger partial charge in [-0.3, -0.25) is 9.59 Å². The molecule has 31 heavy (non-hydrogen) atoms. The number of likely N-dealkylation sites (tertiary alicyclic amines) is 1. The molecule has 2 aliphatic heterocycles. The second kappa shape index (κ2) is 9.09. The summed E-state index contributed by atoms with van der Waals surface area (Å²) in [5.74, 6) is 1.45. The Bertz CT molecular complexity index is 967. The second-order valence-corrected chi connectivity index (χ2v) is 9.16. The summed E-state index contributed by atoms with van der Waals surface area (Å²) in [6.45, 7) is 3.22. The van der Waals surface area contributed by atoms with E-state index in [4.69, 9.17) is 9.47 Å². The number of hydrogen-bond donors (Lipinski definition) is 2. The van der Waals surface area contributed by atoms with E-state index >= 15 is 0 Å². The van der Waals surface area contributed by atoms with Gasteiger partial charge in [-0.25, -0.2) is 0 Å². The number of ether oxygens (including phenoxy) is 2. The molecule has 0 bridgehead atoms. The number of methoxy groups -OCH3 is 2. The Kier molecular flexibility index (Phi) is 6.27. The average molecular weight is 442 g/mol. The Hall–Kier alpha value is -2.87. The number of carbonyl (C=O) groups excluding carboxylic acids is 2. The minimum absolute atomic E-state index is 0.00201. The van der Waals surface area contributed by atoms with Gasteiger partial charge >= 0.3 is 0 Å². The average Bonchev–Trinajstić information content (AvgIpc) is 2.79. The van der Waals surface area contributed by atoms with Crippen LogP contribution in [0.4, 0.5) is 11.4 Å². The topological polar surface area (TPSA) is 79.9 Å². The number of rotatable bonds is 5. The SMILES string of the molecule is COc1cc(NC2CCN(C(=O)c3ccc4c(c3)NC(=O)[C@@H](C)S4)CC2)cc(OC)c1. The summed E-state index contributed by atoms with van der Waals surface area (Å²) < 4.78 is 10.7. The zero-order chi connectivity index (χ0) is 22.0. The van der Waals surface area contributed by atoms with Gasteiger partial charge in [0.15, 0.2) is 0 Å². The third-order valence-electron chi connectivity index (χ3n) is 5.66. The summed E-state index contributed by atoms with van der Waals surface area (Å²) in [4.78, 5) is 27.9. The lowest BCUT2D eigenvalue weighted by Crippen LogP contribution is -2.42. The molecule has 2 aliphatic rings. The number of nitrogens with zero attached hydrogens (tertiary/aromatic N) is 1. The van der Waals surface area contributed by atoms with E-state index in [-0.39, 0.29) is 23.1 Å². The molecule has 4 rings (SSSR count). The second-order valence-electron chi connectivity index (χ2n) is 7.77. The standard InChI is InChI=1S/C23H27N3O4S/c1-14-22(27)25-20-10-15(4-5-21(20)31-14)23(28)26-8-6-16(7-9-26)24-17-11-18(29-2)13-19(12-17)30-3/h4-5,10-14,16,24H,6-9H2,1-3H3,(H,25,27)/t14-/m1/s1. The summed E-state index contributed by atoms with van der Waals surface area (Å²) in [5.41, 5.74) is 2.28. The van der Waals surface area contributed by atoms with Crippen molar-refractivity contribution in [2.75, 3.05) is 37.9 Å². The van der Waals surface area contributed by atoms with Crippen LogP contribution in [0.1, 0.15) is 30.1 Å². The van der Waals surface area contributed by atoms with E-state index in [2.05, 4.69) is 10.6 Å². The van der Waals surface area contributed by atoms with Gasteiger partial charge in [-0.2, -0.15) is 0 Å². The predicted molar refractivity (Wildman–Crippen MR) is 122 cm³/mol. The minimum atomic E-state index is -0.120. The molecular formula is C23H27N3O4S. The molecule has 0 radical (unpaired) electrons. The largest absolute Gasteiger partial charge is 0.497 e. The third kappa shape index (κ3) is 4.74. The van der Waals surface area contributed by atoms with E-state index in [1.54, 1.807) is 20.3 Å². The van der Waals surface area contributed by atoms with Gasteiger partial charge in [-0.15, -0.1) is 11.8 Å². The maximum atomic E-state index is 13.0. The molecule has 164 valence electrons. The van der Waals surface area contributed by atoms with Gasteiger partial charge in [-0.1, -0.05) is 0 Å². The van der Waals surface area contributed by atoms with Crippen LogP contribution < -0.4 is 20.1 Å². The Labute approximate surface area is 186 Å². The highest BCUT2D eigenvalue weighted by Crippen LogP contribution is 2.36. The van der Waals surface area contributed by atoms with E-state index in [9.17, 15) is 9.59 Å². The molecule has 1 fully saturated rings. The Morgan fingerprint density at radius 3 is 2.42 bits per heavy atom. The maximum absolute atomic E-state index is 13.0. The van der Waals surface area contributed by atoms with Crippen molar-refractivity contribution in [2.24, 2.45) is 0 Å². The van der Waals surface area contributed by atoms with Crippen molar-refractivity contribution in [3.8, 4) is 11.5 Å². The maximum Gasteiger partial charge on any atom is 0.253 e. The van der Waals surface area contributed by atoms with E-state index in [1.165, 1.54) is 11.8 Å². The molecule has 1 atom stereocenters. The van der Waals surface area contributed by atoms with Crippen molar-refractivity contribution in [3.63, 3.8) is 0 Å². The molecular weight excluding hydrogens is 414 g/mol. The van der Waals surface area contributed by atoms with E-state index in [0.717, 1.165) is 40.6 Å². The molecule has 0 spiro atoms. The van der Waals surface area contributed by atoms with Gasteiger partial charge in [0.25, 0.3) is 5.91 Å². The first-order valence-electron chi connectivity index (χ1n) is 10.4. The molecule has 2 aromatic carbocycles. The van der Waals surface area contributed by atoms with Crippen molar-refractivity contribution >= 4 is 35.0 Å². The fourth-order valence-corrected chi connectivity index (χ4v) is 4.81. The zero-order valence-corrected chi connectivity index (χ0v) is 18.8. The summed E-state index contributed by atoms with van der Waals surface area (Å²) in [5, 5.41) is 6.31. The monoisotopic (exact) mass is 441 g/mol. The normalized spacial score (nSPS) is 18.7. The van der Waals surface area contributed by atoms with Gasteiger partial charge in [0.05, 0.1) is 25.2 Å². The number of anilines is 2. The smallest absolute Gasteiger partial charge is 0.253 e. The third-order valence-corrected chi connectivity index (χ3v) is 6.84. The lowest BCUT2D eigenvalue weighted by Gasteiger charge is -2.33. The van der Waals surface area contributed by atoms with Crippen LogP contribution in [0.2, 0.25) is 0 Å². The number of hydrogen-bond acceptors (Lipinski definition) is 6. The Balaban J connectivity index is 1.37. The first-order chi connectivity index (χ1) is 15.0. The van der Waals surface area contributed by atoms with Crippen LogP contribution in [0.15, 0.2) is 41.3 Å². The lowest BCUT2D eigenvalue weighted by molar-refractivity contribution is -0.115. The molecule has 7 nitrogen and oxygen atoms in total. The summed E-state index contributed by atoms with van der Waals surface area (Å²) >= 11 is 1.52. The molecule has 8 heteroatoms. The van der Waals surface area contributed by atoms with Gasteiger partial charge in [-0.05, 0) is 38.0 Å². The molecule has 2 N–H and O–H groups in total. The van der Waals surface area contributed by atoms with E-state index in [1.807, 2.05) is 42.2 Å². The molecule has 2 amide bonds. The highest BCUT2D eigenvalue weighted by Gasteiger charge is 2.27. The highest BCUT2D eigenvalue weighted by molar-refractivity contribution is 8.00. The van der Waals surface area contributed by atoms with Crippen molar-refractivity contribution in [3.05, 3.63) is 42.0 Å². The van der Waals surface area contributed by atoms with Crippen molar-refractivity contribution in [2.45, 2.75) is 36.0 Å². The number of amides is 2. The van der Waals surface area contributed by atoms with Gasteiger partial charge < -0.3 is 25.0 Å². The predicted octanol–water partition coefficient (Wildman–Crippen LogP) is 3.85. The Morgan fingerprint density at radius 1 is 1.10 bits per heavy atom. The van der Waals surface area contributed by atoms with E-state index in [0.29, 0.717) is 18.7 Å². The number of nitrogens with one attached hydrogen (secondary N) is 2. The van der Waals surface area contributed by atoms with Crippen molar-refractivity contribution in [1.82, 2.24) is 4.90 Å². The summed E-state index contributed by atoms with van der Waals surface area (Å²) in [6, 6.07) is 11.6. The number of benzene rings is 2. The molecule has 0 unspecified atom stereocenters. The van der Waals surface area contributed by atoms with Gasteiger partial charge in [0, 0.05) is 53.5 Å². The van der Waals surface area contributed by atoms with Gasteiger partial charge in [0.2, 0.25) is 5.91 Å². The van der Waals surface area contributed by atoms with Crippen LogP contribution in [-0.2, 0) is 4.79 Å². The van der Waals surface area contributed by atoms with Crippen LogP contribution in [0, 0.1) is 0 Å². The first-order valence-corrected chi connectivity index (χ1v) is 11.2. The van der Waals surface area contributed by atoms with Crippen LogP contribution in [-0.4, -0.2) is 55.3 Å². The highest BCUT2D eigenvalue weighted by atomic mass is 32.2. The van der Waals surface area contributed by atoms with E-state index < -0.39 is 0 Å². The molecule has 2 aromatic rings. The first kappa shape index (κ1) is 21.4. The summed E-state index contributed by atoms with van der Waals surface area (Å²) in [7, 11) is 3.27.